The molecule has 5 heteroatoms. The third-order valence-electron chi connectivity index (χ3n) is 10.1. The van der Waals surface area contributed by atoms with Crippen molar-refractivity contribution in [3.8, 4) is 0 Å². The van der Waals surface area contributed by atoms with Crippen LogP contribution in [0.3, 0.4) is 0 Å². The molecule has 4 rings (SSSR count). The number of hydrogen-bond acceptors (Lipinski definition) is 5. The summed E-state index contributed by atoms with van der Waals surface area (Å²) in [6.45, 7) is 4.90. The zero-order chi connectivity index (χ0) is 28.0. The van der Waals surface area contributed by atoms with E-state index in [-0.39, 0.29) is 5.97 Å². The monoisotopic (exact) mass is 555 g/mol. The van der Waals surface area contributed by atoms with E-state index >= 15 is 0 Å². The molecule has 0 heterocycles. The van der Waals surface area contributed by atoms with E-state index in [1.807, 2.05) is 0 Å². The minimum atomic E-state index is -0.683. The predicted octanol–water partition coefficient (Wildman–Crippen LogP) is 7.65. The van der Waals surface area contributed by atoms with Gasteiger partial charge in [-0.15, -0.1) is 0 Å². The lowest BCUT2D eigenvalue weighted by atomic mass is 9.77. The Labute approximate surface area is 244 Å². The maximum Gasteiger partial charge on any atom is 0.306 e. The third-order valence-corrected chi connectivity index (χ3v) is 10.1. The lowest BCUT2D eigenvalue weighted by Gasteiger charge is -2.35. The Morgan fingerprint density at radius 3 is 2.52 bits per heavy atom. The van der Waals surface area contributed by atoms with Crippen molar-refractivity contribution in [2.24, 2.45) is 29.1 Å². The summed E-state index contributed by atoms with van der Waals surface area (Å²) in [5.41, 5.74) is 1.29. The normalized spacial score (nSPS) is 27.8. The first-order valence-electron chi connectivity index (χ1n) is 16.7. The Morgan fingerprint density at radius 2 is 1.85 bits per heavy atom. The van der Waals surface area contributed by atoms with Crippen LogP contribution in [0.5, 0.6) is 0 Å². The number of esters is 1. The van der Waals surface area contributed by atoms with Gasteiger partial charge < -0.3 is 14.6 Å². The lowest BCUT2D eigenvalue weighted by molar-refractivity contribution is -0.149. The van der Waals surface area contributed by atoms with E-state index < -0.39 is 11.6 Å². The number of carbonyl (C=O) groups excluding carboxylic acids is 1. The minimum Gasteiger partial charge on any atom is -0.466 e. The van der Waals surface area contributed by atoms with Crippen LogP contribution in [0.1, 0.15) is 116 Å². The summed E-state index contributed by atoms with van der Waals surface area (Å²) in [5, 5.41) is 14.9. The van der Waals surface area contributed by atoms with Gasteiger partial charge in [-0.2, -0.15) is 0 Å². The lowest BCUT2D eigenvalue weighted by Crippen LogP contribution is -2.47. The summed E-state index contributed by atoms with van der Waals surface area (Å²) < 4.78 is 11.8. The molecule has 0 aromatic rings. The van der Waals surface area contributed by atoms with E-state index in [1.165, 1.54) is 51.4 Å². The molecule has 1 fully saturated rings. The molecule has 0 saturated heterocycles. The van der Waals surface area contributed by atoms with Gasteiger partial charge in [-0.25, -0.2) is 0 Å². The standard InChI is InChI=1S/C35H57NO4/c1-2-3-22-40-33(37)24-35(20-10-11-21-35)34(38)36-25-30(27-39-26-29-12-6-4-7-13-29)23-28-16-18-32(19-17-28)31-14-8-5-9-15-31/h4-6,8,18,28-31,34,36,38H,2-3,7,9-17,19-27H2,1H3. The number of rotatable bonds is 16. The largest absolute Gasteiger partial charge is 0.466 e. The molecule has 0 aromatic carbocycles. The molecule has 40 heavy (non-hydrogen) atoms. The molecule has 5 nitrogen and oxygen atoms in total. The molecule has 0 bridgehead atoms. The van der Waals surface area contributed by atoms with Gasteiger partial charge in [0.2, 0.25) is 0 Å². The van der Waals surface area contributed by atoms with Crippen LogP contribution in [-0.4, -0.2) is 43.7 Å². The van der Waals surface area contributed by atoms with Gasteiger partial charge in [0.15, 0.2) is 0 Å². The van der Waals surface area contributed by atoms with Gasteiger partial charge >= 0.3 is 5.97 Å². The molecule has 1 saturated carbocycles. The van der Waals surface area contributed by atoms with Crippen LogP contribution in [0.25, 0.3) is 0 Å². The Bertz CT molecular complexity index is 842. The number of aliphatic hydroxyl groups excluding tert-OH is 1. The Hall–Kier alpha value is -1.43. The van der Waals surface area contributed by atoms with Crippen LogP contribution in [0.4, 0.5) is 0 Å². The molecule has 5 unspecified atom stereocenters. The van der Waals surface area contributed by atoms with E-state index in [2.05, 4.69) is 42.6 Å². The summed E-state index contributed by atoms with van der Waals surface area (Å²) in [6, 6.07) is 0. The van der Waals surface area contributed by atoms with Crippen molar-refractivity contribution in [1.29, 1.82) is 0 Å². The Morgan fingerprint density at radius 1 is 1.05 bits per heavy atom. The number of allylic oxidation sites excluding steroid dienone is 6. The second-order valence-electron chi connectivity index (χ2n) is 13.3. The maximum atomic E-state index is 12.6. The smallest absolute Gasteiger partial charge is 0.306 e. The van der Waals surface area contributed by atoms with Crippen molar-refractivity contribution in [2.45, 2.75) is 122 Å². The van der Waals surface area contributed by atoms with Gasteiger partial charge in [-0.3, -0.25) is 10.1 Å². The number of nitrogens with one attached hydrogen (secondary N) is 1. The zero-order valence-corrected chi connectivity index (χ0v) is 25.3. The van der Waals surface area contributed by atoms with Gasteiger partial charge in [-0.05, 0) is 107 Å². The molecule has 0 amide bonds. The van der Waals surface area contributed by atoms with Gasteiger partial charge in [0.25, 0.3) is 0 Å². The highest BCUT2D eigenvalue weighted by atomic mass is 16.5. The van der Waals surface area contributed by atoms with Gasteiger partial charge in [-0.1, -0.05) is 62.1 Å². The number of aliphatic hydroxyl groups is 1. The Balaban J connectivity index is 1.31. The molecule has 0 aliphatic heterocycles. The van der Waals surface area contributed by atoms with E-state index in [0.717, 1.165) is 77.0 Å². The first-order valence-corrected chi connectivity index (χ1v) is 16.7. The first-order chi connectivity index (χ1) is 19.6. The highest BCUT2D eigenvalue weighted by Crippen LogP contribution is 2.44. The highest BCUT2D eigenvalue weighted by Gasteiger charge is 2.43. The average Bonchev–Trinajstić information content (AvgIpc) is 3.47. The molecule has 4 aliphatic carbocycles. The molecule has 4 aliphatic rings. The molecular weight excluding hydrogens is 498 g/mol. The molecule has 0 spiro atoms. The minimum absolute atomic E-state index is 0.157. The highest BCUT2D eigenvalue weighted by molar-refractivity contribution is 5.70. The Kier molecular flexibility index (Phi) is 13.3. The first kappa shape index (κ1) is 31.5. The zero-order valence-electron chi connectivity index (χ0n) is 25.3. The average molecular weight is 556 g/mol. The van der Waals surface area contributed by atoms with Crippen molar-refractivity contribution in [3.05, 3.63) is 36.0 Å². The summed E-state index contributed by atoms with van der Waals surface area (Å²) in [5.74, 6) is 2.29. The van der Waals surface area contributed by atoms with Gasteiger partial charge in [0, 0.05) is 18.6 Å². The van der Waals surface area contributed by atoms with Crippen molar-refractivity contribution in [1.82, 2.24) is 5.32 Å². The van der Waals surface area contributed by atoms with Crippen LogP contribution in [0, 0.1) is 29.1 Å². The van der Waals surface area contributed by atoms with Gasteiger partial charge in [0.05, 0.1) is 19.6 Å². The molecule has 226 valence electrons. The van der Waals surface area contributed by atoms with E-state index in [1.54, 1.807) is 5.57 Å². The quantitative estimate of drug-likeness (QED) is 0.0886. The summed E-state index contributed by atoms with van der Waals surface area (Å²) in [4.78, 5) is 12.6. The number of carbonyl (C=O) groups is 1. The van der Waals surface area contributed by atoms with Crippen molar-refractivity contribution in [3.63, 3.8) is 0 Å². The second-order valence-corrected chi connectivity index (χ2v) is 13.3. The molecule has 5 atom stereocenters. The van der Waals surface area contributed by atoms with Gasteiger partial charge in [0.1, 0.15) is 6.23 Å². The van der Waals surface area contributed by atoms with Crippen LogP contribution < -0.4 is 5.32 Å². The van der Waals surface area contributed by atoms with Crippen LogP contribution in [0.15, 0.2) is 36.0 Å². The second kappa shape index (κ2) is 16.9. The fourth-order valence-electron chi connectivity index (χ4n) is 7.50. The maximum absolute atomic E-state index is 12.6. The van der Waals surface area contributed by atoms with Crippen LogP contribution in [0.2, 0.25) is 0 Å². The number of hydrogen-bond donors (Lipinski definition) is 2. The third kappa shape index (κ3) is 9.84. The SMILES string of the molecule is CCCCOC(=O)CC1(C(O)NCC(COCC2CC=CCC2)CC2CC=C(C3CC=CCC3)CC2)CCCC1. The molecule has 0 aromatic heterocycles. The summed E-state index contributed by atoms with van der Waals surface area (Å²) in [7, 11) is 0. The summed E-state index contributed by atoms with van der Waals surface area (Å²) in [6.07, 6.45) is 29.4. The van der Waals surface area contributed by atoms with E-state index in [4.69, 9.17) is 9.47 Å². The van der Waals surface area contributed by atoms with Crippen molar-refractivity contribution >= 4 is 5.97 Å². The topological polar surface area (TPSA) is 67.8 Å². The number of unbranched alkanes of at least 4 members (excludes halogenated alkanes) is 1. The molecule has 2 N–H and O–H groups in total. The van der Waals surface area contributed by atoms with Crippen molar-refractivity contribution in [2.75, 3.05) is 26.4 Å². The fourth-order valence-corrected chi connectivity index (χ4v) is 7.50. The van der Waals surface area contributed by atoms with E-state index in [0.29, 0.717) is 30.8 Å². The van der Waals surface area contributed by atoms with Crippen LogP contribution >= 0.6 is 0 Å². The van der Waals surface area contributed by atoms with Crippen molar-refractivity contribution < 1.29 is 19.4 Å². The summed E-state index contributed by atoms with van der Waals surface area (Å²) >= 11 is 0. The molecular formula is C35H57NO4. The van der Waals surface area contributed by atoms with Crippen LogP contribution in [-0.2, 0) is 14.3 Å². The predicted molar refractivity (Wildman–Crippen MR) is 163 cm³/mol. The molecule has 0 radical (unpaired) electrons. The van der Waals surface area contributed by atoms with E-state index in [9.17, 15) is 9.90 Å². The fraction of sp³-hybridized carbons (Fsp3) is 0.800. The number of ether oxygens (including phenoxy) is 2.